The number of aryl methyl sites for hydroxylation is 1. The minimum atomic E-state index is -3.77. The average Bonchev–Trinajstić information content (AvgIpc) is 2.44. The van der Waals surface area contributed by atoms with E-state index >= 15 is 0 Å². The number of fused-ring (bicyclic) bond motifs is 1. The highest BCUT2D eigenvalue weighted by Crippen LogP contribution is 2.34. The van der Waals surface area contributed by atoms with Gasteiger partial charge in [-0.1, -0.05) is 39.1 Å². The Morgan fingerprint density at radius 2 is 1.78 bits per heavy atom. The van der Waals surface area contributed by atoms with Gasteiger partial charge in [0, 0.05) is 21.1 Å². The SMILES string of the molecule is O=S(=O)(Nc1cc(Cl)cc(Cl)c1)c1cc(Br)cc2c1NCCC2. The van der Waals surface area contributed by atoms with Crippen molar-refractivity contribution in [1.29, 1.82) is 0 Å². The largest absolute Gasteiger partial charge is 0.384 e. The van der Waals surface area contributed by atoms with Gasteiger partial charge >= 0.3 is 0 Å². The summed E-state index contributed by atoms with van der Waals surface area (Å²) < 4.78 is 28.8. The van der Waals surface area contributed by atoms with Gasteiger partial charge < -0.3 is 5.32 Å². The number of rotatable bonds is 3. The zero-order chi connectivity index (χ0) is 16.6. The molecule has 2 aromatic carbocycles. The third-order valence-corrected chi connectivity index (χ3v) is 5.78. The number of sulfonamides is 1. The molecule has 0 bridgehead atoms. The third-order valence-electron chi connectivity index (χ3n) is 3.48. The number of nitrogens with one attached hydrogen (secondary N) is 2. The number of benzene rings is 2. The van der Waals surface area contributed by atoms with Crippen LogP contribution < -0.4 is 10.0 Å². The molecule has 23 heavy (non-hydrogen) atoms. The summed E-state index contributed by atoms with van der Waals surface area (Å²) in [5, 5.41) is 3.91. The quantitative estimate of drug-likeness (QED) is 0.719. The maximum absolute atomic E-state index is 12.8. The second-order valence-corrected chi connectivity index (χ2v) is 8.67. The highest BCUT2D eigenvalue weighted by atomic mass is 79.9. The first-order chi connectivity index (χ1) is 10.8. The first-order valence-electron chi connectivity index (χ1n) is 6.90. The Balaban J connectivity index is 2.04. The minimum Gasteiger partial charge on any atom is -0.384 e. The van der Waals surface area contributed by atoms with Crippen LogP contribution in [0.15, 0.2) is 39.7 Å². The van der Waals surface area contributed by atoms with Crippen molar-refractivity contribution < 1.29 is 8.42 Å². The lowest BCUT2D eigenvalue weighted by molar-refractivity contribution is 0.601. The molecule has 8 heteroatoms. The highest BCUT2D eigenvalue weighted by Gasteiger charge is 2.24. The van der Waals surface area contributed by atoms with E-state index in [4.69, 9.17) is 23.2 Å². The van der Waals surface area contributed by atoms with Gasteiger partial charge in [-0.2, -0.15) is 0 Å². The first-order valence-corrected chi connectivity index (χ1v) is 9.93. The van der Waals surface area contributed by atoms with E-state index in [0.29, 0.717) is 21.4 Å². The molecule has 122 valence electrons. The van der Waals surface area contributed by atoms with Crippen LogP contribution in [0, 0.1) is 0 Å². The van der Waals surface area contributed by atoms with Gasteiger partial charge in [0.05, 0.1) is 11.4 Å². The van der Waals surface area contributed by atoms with E-state index in [2.05, 4.69) is 26.0 Å². The molecule has 1 aliphatic rings. The molecule has 0 spiro atoms. The number of hydrogen-bond acceptors (Lipinski definition) is 3. The Morgan fingerprint density at radius 1 is 1.09 bits per heavy atom. The van der Waals surface area contributed by atoms with Crippen LogP contribution in [-0.4, -0.2) is 15.0 Å². The molecule has 4 nitrogen and oxygen atoms in total. The van der Waals surface area contributed by atoms with Gasteiger partial charge in [0.25, 0.3) is 10.0 Å². The number of halogens is 3. The maximum atomic E-state index is 12.8. The molecule has 0 fully saturated rings. The first kappa shape index (κ1) is 16.9. The summed E-state index contributed by atoms with van der Waals surface area (Å²) >= 11 is 15.2. The van der Waals surface area contributed by atoms with E-state index in [1.54, 1.807) is 12.1 Å². The van der Waals surface area contributed by atoms with E-state index in [9.17, 15) is 8.42 Å². The van der Waals surface area contributed by atoms with Crippen LogP contribution in [0.3, 0.4) is 0 Å². The van der Waals surface area contributed by atoms with E-state index in [0.717, 1.165) is 29.4 Å². The van der Waals surface area contributed by atoms with Crippen LogP contribution in [-0.2, 0) is 16.4 Å². The van der Waals surface area contributed by atoms with Crippen LogP contribution in [0.1, 0.15) is 12.0 Å². The average molecular weight is 436 g/mol. The molecule has 0 radical (unpaired) electrons. The molecule has 0 atom stereocenters. The summed E-state index contributed by atoms with van der Waals surface area (Å²) in [6, 6.07) is 8.11. The fourth-order valence-corrected chi connectivity index (χ4v) is 5.04. The summed E-state index contributed by atoms with van der Waals surface area (Å²) in [4.78, 5) is 0.206. The van der Waals surface area contributed by atoms with E-state index < -0.39 is 10.0 Å². The van der Waals surface area contributed by atoms with Crippen molar-refractivity contribution in [3.63, 3.8) is 0 Å². The van der Waals surface area contributed by atoms with Crippen LogP contribution in [0.2, 0.25) is 10.0 Å². The van der Waals surface area contributed by atoms with Crippen LogP contribution in [0.4, 0.5) is 11.4 Å². The molecular formula is C15H13BrCl2N2O2S. The third kappa shape index (κ3) is 3.76. The standard InChI is InChI=1S/C15H13BrCl2N2O2S/c16-10-4-9-2-1-3-19-15(9)14(5-10)23(21,22)20-13-7-11(17)6-12(18)8-13/h4-8,19-20H,1-3H2. The molecule has 0 aliphatic carbocycles. The zero-order valence-corrected chi connectivity index (χ0v) is 15.8. The van der Waals surface area contributed by atoms with Crippen molar-refractivity contribution in [1.82, 2.24) is 0 Å². The maximum Gasteiger partial charge on any atom is 0.264 e. The lowest BCUT2D eigenvalue weighted by Crippen LogP contribution is -2.19. The zero-order valence-electron chi connectivity index (χ0n) is 11.9. The predicted molar refractivity (Wildman–Crippen MR) is 98.2 cm³/mol. The van der Waals surface area contributed by atoms with Gasteiger partial charge in [0.1, 0.15) is 4.90 Å². The van der Waals surface area contributed by atoms with E-state index in [1.165, 1.54) is 12.1 Å². The fraction of sp³-hybridized carbons (Fsp3) is 0.200. The monoisotopic (exact) mass is 434 g/mol. The number of anilines is 2. The van der Waals surface area contributed by atoms with Crippen molar-refractivity contribution in [3.05, 3.63) is 50.4 Å². The molecule has 0 saturated heterocycles. The molecule has 0 aromatic heterocycles. The second-order valence-electron chi connectivity index (χ2n) is 5.23. The molecule has 0 unspecified atom stereocenters. The van der Waals surface area contributed by atoms with Gasteiger partial charge in [0.2, 0.25) is 0 Å². The predicted octanol–water partition coefficient (Wildman–Crippen LogP) is 4.91. The smallest absolute Gasteiger partial charge is 0.264 e. The Bertz CT molecular complexity index is 852. The highest BCUT2D eigenvalue weighted by molar-refractivity contribution is 9.10. The van der Waals surface area contributed by atoms with Crippen LogP contribution in [0.25, 0.3) is 0 Å². The van der Waals surface area contributed by atoms with Gasteiger partial charge in [-0.15, -0.1) is 0 Å². The van der Waals surface area contributed by atoms with Gasteiger partial charge in [-0.25, -0.2) is 8.42 Å². The van der Waals surface area contributed by atoms with Crippen molar-refractivity contribution in [2.24, 2.45) is 0 Å². The van der Waals surface area contributed by atoms with Gasteiger partial charge in [-0.05, 0) is 48.7 Å². The Morgan fingerprint density at radius 3 is 2.48 bits per heavy atom. The fourth-order valence-electron chi connectivity index (χ4n) is 2.56. The summed E-state index contributed by atoms with van der Waals surface area (Å²) in [6.45, 7) is 0.750. The molecular weight excluding hydrogens is 423 g/mol. The summed E-state index contributed by atoms with van der Waals surface area (Å²) in [6.07, 6.45) is 1.81. The molecule has 3 rings (SSSR count). The normalized spacial score (nSPS) is 14.0. The molecule has 2 N–H and O–H groups in total. The Kier molecular flexibility index (Phi) is 4.78. The molecule has 2 aromatic rings. The van der Waals surface area contributed by atoms with E-state index in [-0.39, 0.29) is 4.90 Å². The number of hydrogen-bond donors (Lipinski definition) is 2. The molecule has 1 heterocycles. The van der Waals surface area contributed by atoms with Crippen molar-refractivity contribution >= 4 is 60.5 Å². The van der Waals surface area contributed by atoms with E-state index in [1.807, 2.05) is 6.07 Å². The van der Waals surface area contributed by atoms with Crippen molar-refractivity contribution in [2.75, 3.05) is 16.6 Å². The van der Waals surface area contributed by atoms with Gasteiger partial charge in [0.15, 0.2) is 0 Å². The minimum absolute atomic E-state index is 0.206. The lowest BCUT2D eigenvalue weighted by atomic mass is 10.0. The molecule has 0 saturated carbocycles. The molecule has 1 aliphatic heterocycles. The van der Waals surface area contributed by atoms with Gasteiger partial charge in [-0.3, -0.25) is 4.72 Å². The Labute approximate surface area is 153 Å². The lowest BCUT2D eigenvalue weighted by Gasteiger charge is -2.22. The van der Waals surface area contributed by atoms with Crippen molar-refractivity contribution in [2.45, 2.75) is 17.7 Å². The second kappa shape index (κ2) is 6.51. The summed E-state index contributed by atoms with van der Waals surface area (Å²) in [7, 11) is -3.77. The topological polar surface area (TPSA) is 58.2 Å². The summed E-state index contributed by atoms with van der Waals surface area (Å²) in [5.41, 5.74) is 1.96. The van der Waals surface area contributed by atoms with Crippen LogP contribution >= 0.6 is 39.1 Å². The molecule has 0 amide bonds. The Hall–Kier alpha value is -0.950. The van der Waals surface area contributed by atoms with Crippen molar-refractivity contribution in [3.8, 4) is 0 Å². The van der Waals surface area contributed by atoms with Crippen LogP contribution in [0.5, 0.6) is 0 Å². The summed E-state index contributed by atoms with van der Waals surface area (Å²) in [5.74, 6) is 0.